The molecule has 3 nitrogen and oxygen atoms in total. The molecule has 0 unspecified atom stereocenters. The van der Waals surface area contributed by atoms with E-state index < -0.39 is 0 Å². The Kier molecular flexibility index (Phi) is 3.55. The molecule has 108 valence electrons. The van der Waals surface area contributed by atoms with Crippen molar-refractivity contribution in [3.8, 4) is 11.4 Å². The van der Waals surface area contributed by atoms with Crippen molar-refractivity contribution in [2.45, 2.75) is 12.8 Å². The molecule has 3 rings (SSSR count). The van der Waals surface area contributed by atoms with Crippen LogP contribution in [0.3, 0.4) is 0 Å². The fraction of sp³-hybridized carbons (Fsp3) is 0.188. The van der Waals surface area contributed by atoms with Gasteiger partial charge < -0.3 is 4.74 Å². The first-order chi connectivity index (χ1) is 10.1. The number of aromatic nitrogens is 2. The molecule has 0 N–H and O–H groups in total. The predicted octanol–water partition coefficient (Wildman–Crippen LogP) is 4.22. The lowest BCUT2D eigenvalue weighted by atomic mass is 10.2. The smallest absolute Gasteiger partial charge is 0.147 e. The number of aryl methyl sites for hydroxylation is 1. The summed E-state index contributed by atoms with van der Waals surface area (Å²) in [6.07, 6.45) is 0. The molecule has 0 amide bonds. The van der Waals surface area contributed by atoms with Gasteiger partial charge in [0.15, 0.2) is 0 Å². The number of methoxy groups -OCH3 is 1. The molecule has 0 bridgehead atoms. The van der Waals surface area contributed by atoms with Crippen LogP contribution in [0.1, 0.15) is 11.4 Å². The third-order valence-electron chi connectivity index (χ3n) is 3.39. The van der Waals surface area contributed by atoms with E-state index in [0.29, 0.717) is 17.3 Å². The number of nitrogens with zero attached hydrogens (tertiary/aromatic N) is 2. The molecule has 0 radical (unpaired) electrons. The van der Waals surface area contributed by atoms with Gasteiger partial charge in [-0.05, 0) is 36.8 Å². The van der Waals surface area contributed by atoms with E-state index in [1.54, 1.807) is 23.8 Å². The van der Waals surface area contributed by atoms with Crippen LogP contribution in [0.4, 0.5) is 4.39 Å². The zero-order valence-corrected chi connectivity index (χ0v) is 12.5. The molecular weight excluding hydrogens is 291 g/mol. The summed E-state index contributed by atoms with van der Waals surface area (Å²) in [7, 11) is 1.55. The number of benzene rings is 2. The van der Waals surface area contributed by atoms with E-state index in [1.807, 2.05) is 25.1 Å². The number of hydrogen-bond donors (Lipinski definition) is 0. The Balaban J connectivity index is 2.35. The fourth-order valence-electron chi connectivity index (χ4n) is 2.38. The second-order valence-electron chi connectivity index (χ2n) is 4.81. The Morgan fingerprint density at radius 3 is 2.76 bits per heavy atom. The van der Waals surface area contributed by atoms with Gasteiger partial charge >= 0.3 is 0 Å². The van der Waals surface area contributed by atoms with E-state index >= 15 is 0 Å². The Bertz CT molecular complexity index is 813. The van der Waals surface area contributed by atoms with Gasteiger partial charge in [0.2, 0.25) is 0 Å². The number of imidazole rings is 1. The zero-order chi connectivity index (χ0) is 15.0. The molecule has 0 fully saturated rings. The average molecular weight is 305 g/mol. The molecule has 0 atom stereocenters. The molecule has 3 aromatic rings. The van der Waals surface area contributed by atoms with Crippen LogP contribution in [0.25, 0.3) is 16.7 Å². The van der Waals surface area contributed by atoms with E-state index in [-0.39, 0.29) is 11.7 Å². The highest BCUT2D eigenvalue weighted by atomic mass is 35.5. The second kappa shape index (κ2) is 5.37. The summed E-state index contributed by atoms with van der Waals surface area (Å²) in [6.45, 7) is 1.99. The van der Waals surface area contributed by atoms with Crippen molar-refractivity contribution in [1.29, 1.82) is 0 Å². The second-order valence-corrected chi connectivity index (χ2v) is 5.07. The van der Waals surface area contributed by atoms with Gasteiger partial charge in [-0.3, -0.25) is 4.57 Å². The quantitative estimate of drug-likeness (QED) is 0.677. The Morgan fingerprint density at radius 1 is 1.24 bits per heavy atom. The summed E-state index contributed by atoms with van der Waals surface area (Å²) >= 11 is 5.98. The first-order valence-corrected chi connectivity index (χ1v) is 7.05. The summed E-state index contributed by atoms with van der Waals surface area (Å²) in [5.74, 6) is 1.04. The minimum absolute atomic E-state index is 0.199. The van der Waals surface area contributed by atoms with Gasteiger partial charge in [0.1, 0.15) is 17.4 Å². The van der Waals surface area contributed by atoms with Crippen LogP contribution in [0.2, 0.25) is 0 Å². The van der Waals surface area contributed by atoms with Crippen LogP contribution in [-0.4, -0.2) is 16.7 Å². The van der Waals surface area contributed by atoms with Gasteiger partial charge in [0.05, 0.1) is 29.7 Å². The lowest BCUT2D eigenvalue weighted by Gasteiger charge is -2.11. The monoisotopic (exact) mass is 304 g/mol. The highest BCUT2D eigenvalue weighted by molar-refractivity contribution is 6.17. The SMILES string of the molecule is COc1ccc(F)c(-n2c(CCl)nc3ccc(C)cc32)c1. The van der Waals surface area contributed by atoms with E-state index in [4.69, 9.17) is 16.3 Å². The summed E-state index contributed by atoms with van der Waals surface area (Å²) in [6, 6.07) is 10.5. The molecule has 2 aromatic carbocycles. The van der Waals surface area contributed by atoms with Crippen LogP contribution < -0.4 is 4.74 Å². The summed E-state index contributed by atoms with van der Waals surface area (Å²) in [4.78, 5) is 4.47. The van der Waals surface area contributed by atoms with Gasteiger partial charge in [0, 0.05) is 6.07 Å². The van der Waals surface area contributed by atoms with Gasteiger partial charge in [0.25, 0.3) is 0 Å². The number of fused-ring (bicyclic) bond motifs is 1. The maximum atomic E-state index is 14.3. The maximum Gasteiger partial charge on any atom is 0.147 e. The van der Waals surface area contributed by atoms with Crippen molar-refractivity contribution in [1.82, 2.24) is 9.55 Å². The number of halogens is 2. The van der Waals surface area contributed by atoms with Crippen molar-refractivity contribution in [2.24, 2.45) is 0 Å². The molecule has 0 aliphatic carbocycles. The van der Waals surface area contributed by atoms with Gasteiger partial charge in [-0.1, -0.05) is 6.07 Å². The van der Waals surface area contributed by atoms with Gasteiger partial charge in [-0.15, -0.1) is 11.6 Å². The van der Waals surface area contributed by atoms with Crippen LogP contribution in [0, 0.1) is 12.7 Å². The standard InChI is InChI=1S/C16H14ClFN2O/c1-10-3-6-13-15(7-10)20(16(9-17)19-13)14-8-11(21-2)4-5-12(14)18/h3-8H,9H2,1-2H3. The van der Waals surface area contributed by atoms with E-state index in [1.165, 1.54) is 6.07 Å². The van der Waals surface area contributed by atoms with Crippen molar-refractivity contribution in [2.75, 3.05) is 7.11 Å². The summed E-state index contributed by atoms with van der Waals surface area (Å²) in [5.41, 5.74) is 3.09. The number of hydrogen-bond acceptors (Lipinski definition) is 2. The number of rotatable bonds is 3. The van der Waals surface area contributed by atoms with Crippen LogP contribution >= 0.6 is 11.6 Å². The first kappa shape index (κ1) is 13.9. The van der Waals surface area contributed by atoms with Crippen molar-refractivity contribution < 1.29 is 9.13 Å². The van der Waals surface area contributed by atoms with Crippen molar-refractivity contribution >= 4 is 22.6 Å². The van der Waals surface area contributed by atoms with Gasteiger partial charge in [-0.2, -0.15) is 0 Å². The van der Waals surface area contributed by atoms with E-state index in [0.717, 1.165) is 16.6 Å². The molecule has 0 spiro atoms. The topological polar surface area (TPSA) is 27.1 Å². The van der Waals surface area contributed by atoms with Crippen molar-refractivity contribution in [3.63, 3.8) is 0 Å². The number of alkyl halides is 1. The fourth-order valence-corrected chi connectivity index (χ4v) is 2.56. The molecule has 1 aromatic heterocycles. The number of ether oxygens (including phenoxy) is 1. The summed E-state index contributed by atoms with van der Waals surface area (Å²) in [5, 5.41) is 0. The highest BCUT2D eigenvalue weighted by Crippen LogP contribution is 2.27. The highest BCUT2D eigenvalue weighted by Gasteiger charge is 2.15. The molecule has 0 saturated heterocycles. The molecule has 5 heteroatoms. The summed E-state index contributed by atoms with van der Waals surface area (Å²) < 4.78 is 21.2. The lowest BCUT2D eigenvalue weighted by molar-refractivity contribution is 0.413. The van der Waals surface area contributed by atoms with E-state index in [9.17, 15) is 4.39 Å². The average Bonchev–Trinajstić information content (AvgIpc) is 2.85. The van der Waals surface area contributed by atoms with Crippen LogP contribution in [0.5, 0.6) is 5.75 Å². The molecule has 0 aliphatic heterocycles. The van der Waals surface area contributed by atoms with E-state index in [2.05, 4.69) is 4.98 Å². The Labute approximate surface area is 126 Å². The molecule has 0 aliphatic rings. The molecule has 0 saturated carbocycles. The Morgan fingerprint density at radius 2 is 2.05 bits per heavy atom. The normalized spacial score (nSPS) is 11.0. The van der Waals surface area contributed by atoms with Gasteiger partial charge in [-0.25, -0.2) is 9.37 Å². The van der Waals surface area contributed by atoms with Crippen LogP contribution in [0.15, 0.2) is 36.4 Å². The molecular formula is C16H14ClFN2O. The predicted molar refractivity (Wildman–Crippen MR) is 81.9 cm³/mol. The molecule has 1 heterocycles. The largest absolute Gasteiger partial charge is 0.497 e. The van der Waals surface area contributed by atoms with Crippen LogP contribution in [-0.2, 0) is 5.88 Å². The lowest BCUT2D eigenvalue weighted by Crippen LogP contribution is -2.02. The Hall–Kier alpha value is -2.07. The minimum atomic E-state index is -0.344. The first-order valence-electron chi connectivity index (χ1n) is 6.52. The third-order valence-corrected chi connectivity index (χ3v) is 3.63. The molecule has 21 heavy (non-hydrogen) atoms. The zero-order valence-electron chi connectivity index (χ0n) is 11.7. The maximum absolute atomic E-state index is 14.3. The van der Waals surface area contributed by atoms with Crippen molar-refractivity contribution in [3.05, 3.63) is 53.6 Å². The minimum Gasteiger partial charge on any atom is -0.497 e. The third kappa shape index (κ3) is 2.36.